The lowest BCUT2D eigenvalue weighted by molar-refractivity contribution is -0.135. The molecule has 0 aliphatic rings. The van der Waals surface area contributed by atoms with Crippen molar-refractivity contribution in [2.45, 2.75) is 26.4 Å². The normalized spacial score (nSPS) is 10.3. The van der Waals surface area contributed by atoms with Gasteiger partial charge in [-0.05, 0) is 6.42 Å². The molecule has 2 amide bonds. The maximum absolute atomic E-state index is 11.8. The monoisotopic (exact) mass is 268 g/mol. The molecule has 0 aliphatic heterocycles. The van der Waals surface area contributed by atoms with E-state index >= 15 is 0 Å². The highest BCUT2D eigenvalue weighted by molar-refractivity contribution is 5.84. The molecular formula is C11H20N6O2. The van der Waals surface area contributed by atoms with Crippen molar-refractivity contribution in [1.82, 2.24) is 25.2 Å². The Balaban J connectivity index is 2.41. The Hall–Kier alpha value is -1.96. The molecule has 1 aromatic heterocycles. The Labute approximate surface area is 111 Å². The highest BCUT2D eigenvalue weighted by atomic mass is 16.2. The van der Waals surface area contributed by atoms with Crippen LogP contribution < -0.4 is 11.1 Å². The van der Waals surface area contributed by atoms with Gasteiger partial charge in [0.25, 0.3) is 0 Å². The predicted octanol–water partition coefficient (Wildman–Crippen LogP) is -1.28. The smallest absolute Gasteiger partial charge is 0.244 e. The molecule has 0 bridgehead atoms. The van der Waals surface area contributed by atoms with E-state index in [4.69, 9.17) is 5.73 Å². The zero-order valence-corrected chi connectivity index (χ0v) is 11.3. The van der Waals surface area contributed by atoms with Crippen LogP contribution >= 0.6 is 0 Å². The fourth-order valence-corrected chi connectivity index (χ4v) is 1.39. The van der Waals surface area contributed by atoms with Crippen LogP contribution in [0.4, 0.5) is 0 Å². The summed E-state index contributed by atoms with van der Waals surface area (Å²) in [5, 5.41) is 10.3. The SMILES string of the molecule is CCCNC(=O)CN(C)C(=O)Cn1cc(CN)nn1. The van der Waals surface area contributed by atoms with Gasteiger partial charge >= 0.3 is 0 Å². The van der Waals surface area contributed by atoms with E-state index in [-0.39, 0.29) is 31.4 Å². The summed E-state index contributed by atoms with van der Waals surface area (Å²) in [6.45, 7) is 2.95. The minimum atomic E-state index is -0.208. The zero-order valence-electron chi connectivity index (χ0n) is 11.3. The number of nitrogens with two attached hydrogens (primary N) is 1. The van der Waals surface area contributed by atoms with Crippen molar-refractivity contribution in [1.29, 1.82) is 0 Å². The molecule has 0 saturated heterocycles. The highest BCUT2D eigenvalue weighted by Gasteiger charge is 2.13. The molecule has 0 atom stereocenters. The van der Waals surface area contributed by atoms with Crippen LogP contribution in [-0.2, 0) is 22.7 Å². The molecule has 3 N–H and O–H groups in total. The van der Waals surface area contributed by atoms with E-state index in [1.807, 2.05) is 6.92 Å². The van der Waals surface area contributed by atoms with E-state index in [9.17, 15) is 9.59 Å². The largest absolute Gasteiger partial charge is 0.355 e. The number of carbonyl (C=O) groups is 2. The quantitative estimate of drug-likeness (QED) is 0.640. The molecule has 106 valence electrons. The average Bonchev–Trinajstić information content (AvgIpc) is 2.83. The molecule has 0 radical (unpaired) electrons. The molecule has 8 nitrogen and oxygen atoms in total. The maximum Gasteiger partial charge on any atom is 0.244 e. The Kier molecular flexibility index (Phi) is 5.94. The molecule has 0 saturated carbocycles. The van der Waals surface area contributed by atoms with Gasteiger partial charge in [-0.25, -0.2) is 4.68 Å². The first-order chi connectivity index (χ1) is 9.06. The number of nitrogens with zero attached hydrogens (tertiary/aromatic N) is 4. The zero-order chi connectivity index (χ0) is 14.3. The van der Waals surface area contributed by atoms with Gasteiger partial charge in [-0.15, -0.1) is 5.10 Å². The van der Waals surface area contributed by atoms with Crippen LogP contribution in [-0.4, -0.2) is 51.8 Å². The van der Waals surface area contributed by atoms with E-state index in [1.54, 1.807) is 13.2 Å². The second kappa shape index (κ2) is 7.47. The molecule has 8 heteroatoms. The predicted molar refractivity (Wildman–Crippen MR) is 68.9 cm³/mol. The summed E-state index contributed by atoms with van der Waals surface area (Å²) in [5.41, 5.74) is 6.02. The summed E-state index contributed by atoms with van der Waals surface area (Å²) in [5.74, 6) is -0.376. The molecule has 0 spiro atoms. The summed E-state index contributed by atoms with van der Waals surface area (Å²) in [6.07, 6.45) is 2.48. The summed E-state index contributed by atoms with van der Waals surface area (Å²) in [4.78, 5) is 24.7. The van der Waals surface area contributed by atoms with Crippen LogP contribution in [0.1, 0.15) is 19.0 Å². The Bertz CT molecular complexity index is 431. The van der Waals surface area contributed by atoms with Gasteiger partial charge < -0.3 is 16.0 Å². The summed E-state index contributed by atoms with van der Waals surface area (Å²) >= 11 is 0. The minimum absolute atomic E-state index is 0.0390. The van der Waals surface area contributed by atoms with Crippen LogP contribution in [0.3, 0.4) is 0 Å². The van der Waals surface area contributed by atoms with Crippen molar-refractivity contribution in [2.24, 2.45) is 5.73 Å². The second-order valence-corrected chi connectivity index (χ2v) is 4.21. The molecule has 0 fully saturated rings. The van der Waals surface area contributed by atoms with Gasteiger partial charge in [0.1, 0.15) is 6.54 Å². The Morgan fingerprint density at radius 3 is 2.84 bits per heavy atom. The van der Waals surface area contributed by atoms with E-state index in [1.165, 1.54) is 9.58 Å². The summed E-state index contributed by atoms with van der Waals surface area (Å²) in [7, 11) is 1.58. The van der Waals surface area contributed by atoms with Gasteiger partial charge in [-0.2, -0.15) is 0 Å². The third-order valence-electron chi connectivity index (χ3n) is 2.47. The molecule has 0 aliphatic carbocycles. The van der Waals surface area contributed by atoms with Crippen molar-refractivity contribution in [2.75, 3.05) is 20.1 Å². The van der Waals surface area contributed by atoms with Crippen molar-refractivity contribution < 1.29 is 9.59 Å². The number of hydrogen-bond donors (Lipinski definition) is 2. The lowest BCUT2D eigenvalue weighted by Crippen LogP contribution is -2.40. The molecule has 1 aromatic rings. The number of nitrogens with one attached hydrogen (secondary N) is 1. The van der Waals surface area contributed by atoms with Gasteiger partial charge in [0.2, 0.25) is 11.8 Å². The Morgan fingerprint density at radius 1 is 1.53 bits per heavy atom. The highest BCUT2D eigenvalue weighted by Crippen LogP contribution is 1.94. The van der Waals surface area contributed by atoms with Gasteiger partial charge in [0, 0.05) is 20.1 Å². The maximum atomic E-state index is 11.8. The van der Waals surface area contributed by atoms with Crippen LogP contribution in [0.5, 0.6) is 0 Å². The van der Waals surface area contributed by atoms with Crippen molar-refractivity contribution in [3.05, 3.63) is 11.9 Å². The van der Waals surface area contributed by atoms with Crippen LogP contribution in [0.25, 0.3) is 0 Å². The van der Waals surface area contributed by atoms with Crippen LogP contribution in [0.15, 0.2) is 6.20 Å². The summed E-state index contributed by atoms with van der Waals surface area (Å²) < 4.78 is 1.41. The van der Waals surface area contributed by atoms with Gasteiger partial charge in [0.15, 0.2) is 0 Å². The van der Waals surface area contributed by atoms with Crippen LogP contribution in [0.2, 0.25) is 0 Å². The van der Waals surface area contributed by atoms with Crippen LogP contribution in [0, 0.1) is 0 Å². The van der Waals surface area contributed by atoms with Gasteiger partial charge in [-0.3, -0.25) is 9.59 Å². The third kappa shape index (κ3) is 5.04. The fourth-order valence-electron chi connectivity index (χ4n) is 1.39. The lowest BCUT2D eigenvalue weighted by atomic mass is 10.4. The molecule has 19 heavy (non-hydrogen) atoms. The number of hydrogen-bond acceptors (Lipinski definition) is 5. The average molecular weight is 268 g/mol. The second-order valence-electron chi connectivity index (χ2n) is 4.21. The third-order valence-corrected chi connectivity index (χ3v) is 2.47. The van der Waals surface area contributed by atoms with E-state index in [2.05, 4.69) is 15.6 Å². The van der Waals surface area contributed by atoms with Crippen molar-refractivity contribution >= 4 is 11.8 Å². The first-order valence-electron chi connectivity index (χ1n) is 6.16. The van der Waals surface area contributed by atoms with E-state index < -0.39 is 0 Å². The van der Waals surface area contributed by atoms with E-state index in [0.29, 0.717) is 12.2 Å². The van der Waals surface area contributed by atoms with E-state index in [0.717, 1.165) is 6.42 Å². The molecule has 0 aromatic carbocycles. The first kappa shape index (κ1) is 15.1. The molecule has 1 heterocycles. The number of carbonyl (C=O) groups excluding carboxylic acids is 2. The lowest BCUT2D eigenvalue weighted by Gasteiger charge is -2.16. The Morgan fingerprint density at radius 2 is 2.26 bits per heavy atom. The number of aromatic nitrogens is 3. The molecular weight excluding hydrogens is 248 g/mol. The van der Waals surface area contributed by atoms with Gasteiger partial charge in [0.05, 0.1) is 18.4 Å². The van der Waals surface area contributed by atoms with Gasteiger partial charge in [-0.1, -0.05) is 12.1 Å². The molecule has 1 rings (SSSR count). The molecule has 0 unspecified atom stereocenters. The minimum Gasteiger partial charge on any atom is -0.355 e. The van der Waals surface area contributed by atoms with Crippen molar-refractivity contribution in [3.8, 4) is 0 Å². The number of rotatable bonds is 7. The first-order valence-corrected chi connectivity index (χ1v) is 6.16. The number of likely N-dealkylation sites (N-methyl/N-ethyl adjacent to an activating group) is 1. The topological polar surface area (TPSA) is 106 Å². The summed E-state index contributed by atoms with van der Waals surface area (Å²) in [6, 6.07) is 0. The standard InChI is InChI=1S/C11H20N6O2/c1-3-4-13-10(18)7-16(2)11(19)8-17-6-9(5-12)14-15-17/h6H,3-5,7-8,12H2,1-2H3,(H,13,18). The number of amides is 2. The fraction of sp³-hybridized carbons (Fsp3) is 0.636. The van der Waals surface area contributed by atoms with Crippen molar-refractivity contribution in [3.63, 3.8) is 0 Å².